The summed E-state index contributed by atoms with van der Waals surface area (Å²) in [4.78, 5) is 0. The molecule has 1 aromatic carbocycles. The van der Waals surface area contributed by atoms with E-state index < -0.39 is 0 Å². The molecule has 2 rings (SSSR count). The van der Waals surface area contributed by atoms with Crippen molar-refractivity contribution in [2.24, 2.45) is 5.92 Å². The van der Waals surface area contributed by atoms with Gasteiger partial charge < -0.3 is 9.84 Å². The molecule has 1 unspecified atom stereocenters. The predicted molar refractivity (Wildman–Crippen MR) is 59.7 cm³/mol. The quantitative estimate of drug-likeness (QED) is 0.805. The van der Waals surface area contributed by atoms with Crippen LogP contribution in [0.5, 0.6) is 0 Å². The summed E-state index contributed by atoms with van der Waals surface area (Å²) in [5.41, 5.74) is 2.27. The van der Waals surface area contributed by atoms with Crippen molar-refractivity contribution in [3.05, 3.63) is 35.4 Å². The average Bonchev–Trinajstić information content (AvgIpc) is 2.30. The van der Waals surface area contributed by atoms with Gasteiger partial charge in [0.05, 0.1) is 6.10 Å². The second-order valence-electron chi connectivity index (χ2n) is 4.31. The lowest BCUT2D eigenvalue weighted by molar-refractivity contribution is 0.00718. The van der Waals surface area contributed by atoms with E-state index in [4.69, 9.17) is 4.74 Å². The second-order valence-corrected chi connectivity index (χ2v) is 4.31. The van der Waals surface area contributed by atoms with Gasteiger partial charge in [-0.2, -0.15) is 0 Å². The fourth-order valence-corrected chi connectivity index (χ4v) is 2.07. The summed E-state index contributed by atoms with van der Waals surface area (Å²) in [7, 11) is 0. The van der Waals surface area contributed by atoms with Crippen molar-refractivity contribution in [1.82, 2.24) is 0 Å². The molecule has 0 saturated carbocycles. The molecule has 2 heteroatoms. The predicted octanol–water partition coefficient (Wildman–Crippen LogP) is 2.46. The van der Waals surface area contributed by atoms with E-state index in [1.807, 2.05) is 12.1 Å². The molecular weight excluding hydrogens is 188 g/mol. The van der Waals surface area contributed by atoms with E-state index in [0.29, 0.717) is 5.92 Å². The van der Waals surface area contributed by atoms with Gasteiger partial charge in [0, 0.05) is 13.2 Å². The summed E-state index contributed by atoms with van der Waals surface area (Å²) in [6.07, 6.45) is 1.61. The third kappa shape index (κ3) is 2.58. The number of aliphatic hydroxyl groups excluding tert-OH is 1. The third-order valence-electron chi connectivity index (χ3n) is 3.13. The van der Waals surface area contributed by atoms with Crippen LogP contribution in [0.3, 0.4) is 0 Å². The average molecular weight is 206 g/mol. The number of benzene rings is 1. The van der Waals surface area contributed by atoms with Crippen molar-refractivity contribution < 1.29 is 9.84 Å². The summed E-state index contributed by atoms with van der Waals surface area (Å²) in [6, 6.07) is 8.15. The van der Waals surface area contributed by atoms with Crippen LogP contribution in [0, 0.1) is 12.8 Å². The van der Waals surface area contributed by atoms with Crippen molar-refractivity contribution in [2.75, 3.05) is 13.2 Å². The molecule has 82 valence electrons. The van der Waals surface area contributed by atoms with E-state index in [1.54, 1.807) is 0 Å². The van der Waals surface area contributed by atoms with Gasteiger partial charge in [-0.25, -0.2) is 0 Å². The molecule has 2 nitrogen and oxygen atoms in total. The van der Waals surface area contributed by atoms with Gasteiger partial charge in [-0.15, -0.1) is 0 Å². The molecule has 0 bridgehead atoms. The van der Waals surface area contributed by atoms with Crippen molar-refractivity contribution >= 4 is 0 Å². The van der Waals surface area contributed by atoms with E-state index in [-0.39, 0.29) is 6.10 Å². The van der Waals surface area contributed by atoms with Gasteiger partial charge in [-0.1, -0.05) is 29.8 Å². The van der Waals surface area contributed by atoms with Gasteiger partial charge in [0.2, 0.25) is 0 Å². The first kappa shape index (κ1) is 10.7. The van der Waals surface area contributed by atoms with Crippen molar-refractivity contribution in [3.63, 3.8) is 0 Å². The highest BCUT2D eigenvalue weighted by Crippen LogP contribution is 2.29. The van der Waals surface area contributed by atoms with Crippen molar-refractivity contribution in [2.45, 2.75) is 25.9 Å². The SMILES string of the molecule is Cc1ccc(C(O)C2CCOCC2)cc1. The number of hydrogen-bond acceptors (Lipinski definition) is 2. The minimum Gasteiger partial charge on any atom is -0.388 e. The van der Waals surface area contributed by atoms with Gasteiger partial charge >= 0.3 is 0 Å². The van der Waals surface area contributed by atoms with Gasteiger partial charge in [-0.05, 0) is 31.2 Å². The van der Waals surface area contributed by atoms with Crippen molar-refractivity contribution in [3.8, 4) is 0 Å². The normalized spacial score (nSPS) is 20.1. The van der Waals surface area contributed by atoms with E-state index >= 15 is 0 Å². The van der Waals surface area contributed by atoms with Gasteiger partial charge in [0.15, 0.2) is 0 Å². The fraction of sp³-hybridized carbons (Fsp3) is 0.538. The van der Waals surface area contributed by atoms with Gasteiger partial charge in [0.1, 0.15) is 0 Å². The maximum atomic E-state index is 10.2. The number of rotatable bonds is 2. The first-order chi connectivity index (χ1) is 7.27. The zero-order valence-corrected chi connectivity index (χ0v) is 9.15. The lowest BCUT2D eigenvalue weighted by Crippen LogP contribution is -2.21. The Bertz CT molecular complexity index is 299. The molecule has 1 aliphatic rings. The van der Waals surface area contributed by atoms with Crippen LogP contribution >= 0.6 is 0 Å². The molecule has 1 heterocycles. The molecule has 0 aromatic heterocycles. The zero-order valence-electron chi connectivity index (χ0n) is 9.15. The topological polar surface area (TPSA) is 29.5 Å². The first-order valence-corrected chi connectivity index (χ1v) is 5.60. The van der Waals surface area contributed by atoms with Crippen LogP contribution in [0.1, 0.15) is 30.1 Å². The van der Waals surface area contributed by atoms with E-state index in [1.165, 1.54) is 5.56 Å². The molecule has 1 saturated heterocycles. The van der Waals surface area contributed by atoms with Crippen LogP contribution < -0.4 is 0 Å². The van der Waals surface area contributed by atoms with E-state index in [2.05, 4.69) is 19.1 Å². The Morgan fingerprint density at radius 1 is 1.20 bits per heavy atom. The fourth-order valence-electron chi connectivity index (χ4n) is 2.07. The number of hydrogen-bond donors (Lipinski definition) is 1. The van der Waals surface area contributed by atoms with Crippen LogP contribution in [0.15, 0.2) is 24.3 Å². The molecule has 1 aromatic rings. The van der Waals surface area contributed by atoms with Crippen LogP contribution in [0.25, 0.3) is 0 Å². The number of aryl methyl sites for hydroxylation is 1. The maximum Gasteiger partial charge on any atom is 0.0819 e. The van der Waals surface area contributed by atoms with Gasteiger partial charge in [0.25, 0.3) is 0 Å². The third-order valence-corrected chi connectivity index (χ3v) is 3.13. The Morgan fingerprint density at radius 2 is 1.80 bits per heavy atom. The largest absolute Gasteiger partial charge is 0.388 e. The highest BCUT2D eigenvalue weighted by atomic mass is 16.5. The molecule has 0 spiro atoms. The molecular formula is C13H18O2. The first-order valence-electron chi connectivity index (χ1n) is 5.60. The van der Waals surface area contributed by atoms with E-state index in [0.717, 1.165) is 31.6 Å². The monoisotopic (exact) mass is 206 g/mol. The minimum absolute atomic E-state index is 0.325. The number of ether oxygens (including phenoxy) is 1. The van der Waals surface area contributed by atoms with Crippen LogP contribution in [0.2, 0.25) is 0 Å². The number of aliphatic hydroxyl groups is 1. The highest BCUT2D eigenvalue weighted by molar-refractivity contribution is 5.23. The summed E-state index contributed by atoms with van der Waals surface area (Å²) in [6.45, 7) is 3.63. The zero-order chi connectivity index (χ0) is 10.7. The standard InChI is InChI=1S/C13H18O2/c1-10-2-4-11(5-3-10)13(14)12-6-8-15-9-7-12/h2-5,12-14H,6-9H2,1H3. The summed E-state index contributed by atoms with van der Waals surface area (Å²) >= 11 is 0. The maximum absolute atomic E-state index is 10.2. The molecule has 0 aliphatic carbocycles. The molecule has 1 atom stereocenters. The lowest BCUT2D eigenvalue weighted by Gasteiger charge is -2.27. The molecule has 15 heavy (non-hydrogen) atoms. The molecule has 1 fully saturated rings. The Labute approximate surface area is 90.9 Å². The lowest BCUT2D eigenvalue weighted by atomic mass is 9.89. The van der Waals surface area contributed by atoms with Crippen LogP contribution in [0.4, 0.5) is 0 Å². The minimum atomic E-state index is -0.325. The summed E-state index contributed by atoms with van der Waals surface area (Å²) in [5, 5.41) is 10.2. The highest BCUT2D eigenvalue weighted by Gasteiger charge is 2.23. The summed E-state index contributed by atoms with van der Waals surface area (Å²) in [5.74, 6) is 0.362. The Kier molecular flexibility index (Phi) is 3.39. The van der Waals surface area contributed by atoms with Crippen LogP contribution in [-0.4, -0.2) is 18.3 Å². The molecule has 0 amide bonds. The van der Waals surface area contributed by atoms with E-state index in [9.17, 15) is 5.11 Å². The Hall–Kier alpha value is -0.860. The smallest absolute Gasteiger partial charge is 0.0819 e. The van der Waals surface area contributed by atoms with Crippen LogP contribution in [-0.2, 0) is 4.74 Å². The molecule has 1 aliphatic heterocycles. The van der Waals surface area contributed by atoms with Crippen molar-refractivity contribution in [1.29, 1.82) is 0 Å². The van der Waals surface area contributed by atoms with Gasteiger partial charge in [-0.3, -0.25) is 0 Å². The Morgan fingerprint density at radius 3 is 2.40 bits per heavy atom. The Balaban J connectivity index is 2.05. The summed E-state index contributed by atoms with van der Waals surface area (Å²) < 4.78 is 5.29. The molecule has 1 N–H and O–H groups in total. The molecule has 0 radical (unpaired) electrons. The second kappa shape index (κ2) is 4.77.